The van der Waals surface area contributed by atoms with E-state index in [9.17, 15) is 9.59 Å². The number of para-hydroxylation sites is 1. The van der Waals surface area contributed by atoms with Crippen molar-refractivity contribution < 1.29 is 9.59 Å². The minimum atomic E-state index is -0.544. The van der Waals surface area contributed by atoms with E-state index in [4.69, 9.17) is 0 Å². The Labute approximate surface area is 123 Å². The Morgan fingerprint density at radius 1 is 1.00 bits per heavy atom. The fourth-order valence-electron chi connectivity index (χ4n) is 2.60. The molecule has 2 amide bonds. The molecular weight excluding hydrogens is 264 g/mol. The maximum Gasteiger partial charge on any atom is 0.254 e. The maximum atomic E-state index is 12.6. The Kier molecular flexibility index (Phi) is 3.44. The van der Waals surface area contributed by atoms with Crippen molar-refractivity contribution in [1.82, 2.24) is 5.32 Å². The van der Waals surface area contributed by atoms with Crippen LogP contribution in [0, 0.1) is 0 Å². The number of hydrogen-bond acceptors (Lipinski definition) is 2. The smallest absolute Gasteiger partial charge is 0.254 e. The summed E-state index contributed by atoms with van der Waals surface area (Å²) in [5, 5.41) is 2.83. The predicted molar refractivity (Wildman–Crippen MR) is 81.3 cm³/mol. The van der Waals surface area contributed by atoms with Crippen molar-refractivity contribution in [2.45, 2.75) is 12.5 Å². The Balaban J connectivity index is 1.93. The molecular formula is C17H16N2O2. The number of likely N-dealkylation sites (N-methyl/N-ethyl adjacent to an activating group) is 1. The van der Waals surface area contributed by atoms with Gasteiger partial charge in [0.15, 0.2) is 0 Å². The molecule has 2 aromatic rings. The first kappa shape index (κ1) is 13.4. The monoisotopic (exact) mass is 280 g/mol. The van der Waals surface area contributed by atoms with E-state index in [1.54, 1.807) is 30.1 Å². The van der Waals surface area contributed by atoms with E-state index in [2.05, 4.69) is 5.32 Å². The molecule has 1 aliphatic rings. The summed E-state index contributed by atoms with van der Waals surface area (Å²) in [6.45, 7) is 0. The zero-order chi connectivity index (χ0) is 14.8. The number of benzene rings is 2. The molecule has 2 aromatic carbocycles. The van der Waals surface area contributed by atoms with Gasteiger partial charge in [-0.15, -0.1) is 0 Å². The first-order valence-corrected chi connectivity index (χ1v) is 6.88. The van der Waals surface area contributed by atoms with E-state index in [0.29, 0.717) is 17.7 Å². The van der Waals surface area contributed by atoms with Gasteiger partial charge >= 0.3 is 0 Å². The van der Waals surface area contributed by atoms with E-state index in [1.165, 1.54) is 0 Å². The second-order valence-electron chi connectivity index (χ2n) is 5.13. The second-order valence-corrected chi connectivity index (χ2v) is 5.13. The zero-order valence-corrected chi connectivity index (χ0v) is 11.7. The number of nitrogens with one attached hydrogen (secondary N) is 1. The molecule has 0 saturated heterocycles. The van der Waals surface area contributed by atoms with Gasteiger partial charge in [0, 0.05) is 13.5 Å². The molecule has 1 aliphatic heterocycles. The van der Waals surface area contributed by atoms with Crippen molar-refractivity contribution in [2.24, 2.45) is 0 Å². The van der Waals surface area contributed by atoms with Gasteiger partial charge in [-0.05, 0) is 17.7 Å². The molecule has 0 fully saturated rings. The zero-order valence-electron chi connectivity index (χ0n) is 11.7. The summed E-state index contributed by atoms with van der Waals surface area (Å²) in [5.74, 6) is -0.304. The van der Waals surface area contributed by atoms with Gasteiger partial charge in [-0.2, -0.15) is 0 Å². The molecule has 0 aromatic heterocycles. The number of nitrogens with zero attached hydrogens (tertiary/aromatic N) is 1. The van der Waals surface area contributed by atoms with E-state index in [-0.39, 0.29) is 11.8 Å². The summed E-state index contributed by atoms with van der Waals surface area (Å²) in [5.41, 5.74) is 2.20. The lowest BCUT2D eigenvalue weighted by Gasteiger charge is -2.21. The number of anilines is 1. The first-order chi connectivity index (χ1) is 10.2. The van der Waals surface area contributed by atoms with Crippen molar-refractivity contribution >= 4 is 17.5 Å². The van der Waals surface area contributed by atoms with Crippen LogP contribution in [0.15, 0.2) is 54.6 Å². The topological polar surface area (TPSA) is 49.4 Å². The largest absolute Gasteiger partial charge is 0.340 e. The maximum absolute atomic E-state index is 12.6. The number of fused-ring (bicyclic) bond motifs is 1. The van der Waals surface area contributed by atoms with Crippen molar-refractivity contribution in [2.75, 3.05) is 11.9 Å². The minimum Gasteiger partial charge on any atom is -0.340 e. The molecule has 21 heavy (non-hydrogen) atoms. The van der Waals surface area contributed by atoms with Crippen LogP contribution in [0.4, 0.5) is 5.69 Å². The highest BCUT2D eigenvalue weighted by Crippen LogP contribution is 2.23. The third kappa shape index (κ3) is 2.52. The number of carbonyl (C=O) groups excluding carboxylic acids is 2. The molecule has 4 heteroatoms. The van der Waals surface area contributed by atoms with Crippen LogP contribution in [0.5, 0.6) is 0 Å². The van der Waals surface area contributed by atoms with Gasteiger partial charge in [-0.1, -0.05) is 42.5 Å². The minimum absolute atomic E-state index is 0.0999. The Morgan fingerprint density at radius 3 is 2.43 bits per heavy atom. The van der Waals surface area contributed by atoms with Crippen LogP contribution >= 0.6 is 0 Å². The summed E-state index contributed by atoms with van der Waals surface area (Å²) >= 11 is 0. The molecule has 0 aliphatic carbocycles. The van der Waals surface area contributed by atoms with Crippen LogP contribution in [0.2, 0.25) is 0 Å². The highest BCUT2D eigenvalue weighted by Gasteiger charge is 2.31. The molecule has 0 bridgehead atoms. The molecule has 1 N–H and O–H groups in total. The standard InChI is InChI=1S/C17H16N2O2/c1-19-15-10-6-5-9-13(15)16(20)18-14(17(19)21)11-12-7-3-2-4-8-12/h2-10,14H,11H2,1H3,(H,18,20)/t14-/m1/s1. The van der Waals surface area contributed by atoms with Crippen molar-refractivity contribution in [3.8, 4) is 0 Å². The Bertz CT molecular complexity index is 682. The molecule has 1 heterocycles. The SMILES string of the molecule is CN1C(=O)[C@@H](Cc2ccccc2)NC(=O)c2ccccc21. The Morgan fingerprint density at radius 2 is 1.67 bits per heavy atom. The van der Waals surface area contributed by atoms with E-state index >= 15 is 0 Å². The third-order valence-corrected chi connectivity index (χ3v) is 3.73. The van der Waals surface area contributed by atoms with Gasteiger partial charge in [0.1, 0.15) is 6.04 Å². The fourth-order valence-corrected chi connectivity index (χ4v) is 2.60. The van der Waals surface area contributed by atoms with E-state index < -0.39 is 6.04 Å². The number of hydrogen-bond donors (Lipinski definition) is 1. The summed E-state index contributed by atoms with van der Waals surface area (Å²) in [6, 6.07) is 16.3. The van der Waals surface area contributed by atoms with Crippen molar-refractivity contribution in [3.05, 3.63) is 65.7 Å². The summed E-state index contributed by atoms with van der Waals surface area (Å²) in [4.78, 5) is 26.4. The van der Waals surface area contributed by atoms with Gasteiger partial charge in [0.05, 0.1) is 11.3 Å². The molecule has 0 radical (unpaired) electrons. The molecule has 3 rings (SSSR count). The highest BCUT2D eigenvalue weighted by molar-refractivity contribution is 6.10. The van der Waals surface area contributed by atoms with E-state index in [1.807, 2.05) is 36.4 Å². The third-order valence-electron chi connectivity index (χ3n) is 3.73. The molecule has 0 spiro atoms. The fraction of sp³-hybridized carbons (Fsp3) is 0.176. The van der Waals surface area contributed by atoms with Crippen LogP contribution in [0.25, 0.3) is 0 Å². The van der Waals surface area contributed by atoms with E-state index in [0.717, 1.165) is 5.56 Å². The number of carbonyl (C=O) groups is 2. The van der Waals surface area contributed by atoms with Crippen molar-refractivity contribution in [1.29, 1.82) is 0 Å². The highest BCUT2D eigenvalue weighted by atomic mass is 16.2. The van der Waals surface area contributed by atoms with Crippen LogP contribution in [-0.2, 0) is 11.2 Å². The molecule has 1 atom stereocenters. The Hall–Kier alpha value is -2.62. The average molecular weight is 280 g/mol. The van der Waals surface area contributed by atoms with Gasteiger partial charge < -0.3 is 10.2 Å². The molecule has 0 saturated carbocycles. The molecule has 0 unspecified atom stereocenters. The summed E-state index contributed by atoms with van der Waals surface area (Å²) in [7, 11) is 1.71. The van der Waals surface area contributed by atoms with Gasteiger partial charge in [0.2, 0.25) is 5.91 Å². The van der Waals surface area contributed by atoms with Crippen molar-refractivity contribution in [3.63, 3.8) is 0 Å². The molecule has 106 valence electrons. The number of amides is 2. The van der Waals surface area contributed by atoms with Gasteiger partial charge in [-0.25, -0.2) is 0 Å². The first-order valence-electron chi connectivity index (χ1n) is 6.88. The molecule has 4 nitrogen and oxygen atoms in total. The summed E-state index contributed by atoms with van der Waals surface area (Å²) < 4.78 is 0. The number of rotatable bonds is 2. The lowest BCUT2D eigenvalue weighted by molar-refractivity contribution is -0.120. The van der Waals surface area contributed by atoms with Gasteiger partial charge in [-0.3, -0.25) is 9.59 Å². The quantitative estimate of drug-likeness (QED) is 0.914. The van der Waals surface area contributed by atoms with Crippen LogP contribution in [-0.4, -0.2) is 24.9 Å². The summed E-state index contributed by atoms with van der Waals surface area (Å²) in [6.07, 6.45) is 0.490. The lowest BCUT2D eigenvalue weighted by atomic mass is 10.1. The normalized spacial score (nSPS) is 18.0. The van der Waals surface area contributed by atoms with Crippen LogP contribution in [0.3, 0.4) is 0 Å². The van der Waals surface area contributed by atoms with Gasteiger partial charge in [0.25, 0.3) is 5.91 Å². The van der Waals surface area contributed by atoms with Crippen LogP contribution in [0.1, 0.15) is 15.9 Å². The predicted octanol–water partition coefficient (Wildman–Crippen LogP) is 2.00. The second kappa shape index (κ2) is 5.40. The average Bonchev–Trinajstić information content (AvgIpc) is 2.61. The lowest BCUT2D eigenvalue weighted by Crippen LogP contribution is -2.45. The van der Waals surface area contributed by atoms with Crippen LogP contribution < -0.4 is 10.2 Å².